The highest BCUT2D eigenvalue weighted by atomic mass is 19.4. The van der Waals surface area contributed by atoms with Crippen LogP contribution in [0.5, 0.6) is 0 Å². The molecule has 2 amide bonds. The summed E-state index contributed by atoms with van der Waals surface area (Å²) in [5.41, 5.74) is 0.920. The third-order valence-electron chi connectivity index (χ3n) is 6.29. The quantitative estimate of drug-likeness (QED) is 0.719. The fourth-order valence-corrected chi connectivity index (χ4v) is 4.83. The lowest BCUT2D eigenvalue weighted by Crippen LogP contribution is -2.48. The fraction of sp³-hybridized carbons (Fsp3) is 0.435. The van der Waals surface area contributed by atoms with Crippen LogP contribution < -0.4 is 9.80 Å². The number of halogens is 3. The summed E-state index contributed by atoms with van der Waals surface area (Å²) in [6, 6.07) is 8.35. The van der Waals surface area contributed by atoms with E-state index in [1.54, 1.807) is 13.1 Å². The van der Waals surface area contributed by atoms with Crippen molar-refractivity contribution in [3.05, 3.63) is 53.2 Å². The van der Waals surface area contributed by atoms with Crippen molar-refractivity contribution < 1.29 is 22.8 Å². The van der Waals surface area contributed by atoms with E-state index in [1.165, 1.54) is 16.7 Å². The summed E-state index contributed by atoms with van der Waals surface area (Å²) in [4.78, 5) is 33.7. The zero-order valence-corrected chi connectivity index (χ0v) is 17.6. The van der Waals surface area contributed by atoms with Crippen LogP contribution in [0.3, 0.4) is 0 Å². The molecule has 5 nitrogen and oxygen atoms in total. The first kappa shape index (κ1) is 21.3. The van der Waals surface area contributed by atoms with E-state index in [4.69, 9.17) is 0 Å². The molecular weight excluding hydrogens is 407 g/mol. The van der Waals surface area contributed by atoms with Crippen LogP contribution in [0, 0.1) is 25.7 Å². The molecule has 8 heteroatoms. The molecule has 31 heavy (non-hydrogen) atoms. The summed E-state index contributed by atoms with van der Waals surface area (Å²) in [6.45, 7) is 3.37. The molecule has 2 fully saturated rings. The largest absolute Gasteiger partial charge is 0.416 e. The molecule has 1 aliphatic heterocycles. The summed E-state index contributed by atoms with van der Waals surface area (Å²) in [7, 11) is 1.63. The van der Waals surface area contributed by atoms with Gasteiger partial charge in [-0.25, -0.2) is 4.98 Å². The second kappa shape index (κ2) is 7.66. The van der Waals surface area contributed by atoms with Crippen molar-refractivity contribution in [2.24, 2.45) is 11.8 Å². The second-order valence-corrected chi connectivity index (χ2v) is 8.44. The third-order valence-corrected chi connectivity index (χ3v) is 6.29. The molecule has 0 N–H and O–H groups in total. The van der Waals surface area contributed by atoms with Gasteiger partial charge in [-0.1, -0.05) is 18.6 Å². The predicted molar refractivity (Wildman–Crippen MR) is 111 cm³/mol. The van der Waals surface area contributed by atoms with Gasteiger partial charge in [0.05, 0.1) is 5.56 Å². The van der Waals surface area contributed by atoms with Crippen LogP contribution in [0.2, 0.25) is 0 Å². The number of benzene rings is 1. The maximum absolute atomic E-state index is 13.6. The van der Waals surface area contributed by atoms with Crippen LogP contribution in [0.15, 0.2) is 36.4 Å². The number of likely N-dealkylation sites (N-methyl/N-ethyl adjacent to an activating group) is 1. The van der Waals surface area contributed by atoms with Gasteiger partial charge in [0.1, 0.15) is 11.9 Å². The molecule has 1 aliphatic carbocycles. The van der Waals surface area contributed by atoms with Crippen LogP contribution in [0.25, 0.3) is 0 Å². The van der Waals surface area contributed by atoms with E-state index in [1.807, 2.05) is 25.1 Å². The Bertz CT molecular complexity index is 1040. The van der Waals surface area contributed by atoms with Gasteiger partial charge >= 0.3 is 6.18 Å². The number of carbonyl (C=O) groups excluding carboxylic acids is 2. The average Bonchev–Trinajstić information content (AvgIpc) is 3.28. The van der Waals surface area contributed by atoms with E-state index in [0.717, 1.165) is 24.1 Å². The normalized spacial score (nSPS) is 23.2. The van der Waals surface area contributed by atoms with E-state index in [9.17, 15) is 22.8 Å². The first-order valence-corrected chi connectivity index (χ1v) is 10.3. The molecule has 1 aromatic heterocycles. The number of rotatable bonds is 3. The Balaban J connectivity index is 1.77. The predicted octanol–water partition coefficient (Wildman–Crippen LogP) is 4.51. The van der Waals surface area contributed by atoms with Gasteiger partial charge in [0.2, 0.25) is 11.8 Å². The van der Waals surface area contributed by atoms with Gasteiger partial charge in [-0.15, -0.1) is 0 Å². The number of alkyl halides is 3. The Morgan fingerprint density at radius 1 is 1.16 bits per heavy atom. The van der Waals surface area contributed by atoms with Gasteiger partial charge in [0, 0.05) is 30.3 Å². The van der Waals surface area contributed by atoms with Gasteiger partial charge in [0.25, 0.3) is 0 Å². The number of anilines is 2. The van der Waals surface area contributed by atoms with Crippen molar-refractivity contribution >= 4 is 23.3 Å². The number of aromatic nitrogens is 1. The molecule has 1 aromatic carbocycles. The van der Waals surface area contributed by atoms with E-state index in [2.05, 4.69) is 4.98 Å². The van der Waals surface area contributed by atoms with Gasteiger partial charge in [-0.05, 0) is 56.5 Å². The maximum Gasteiger partial charge on any atom is 0.416 e. The first-order valence-electron chi connectivity index (χ1n) is 10.3. The monoisotopic (exact) mass is 431 g/mol. The molecule has 2 unspecified atom stereocenters. The van der Waals surface area contributed by atoms with Crippen molar-refractivity contribution in [1.29, 1.82) is 0 Å². The summed E-state index contributed by atoms with van der Waals surface area (Å²) in [5, 5.41) is 0. The molecule has 0 bridgehead atoms. The fourth-order valence-electron chi connectivity index (χ4n) is 4.83. The molecule has 1 saturated carbocycles. The Kier molecular flexibility index (Phi) is 5.27. The van der Waals surface area contributed by atoms with Gasteiger partial charge in [-0.2, -0.15) is 13.2 Å². The lowest BCUT2D eigenvalue weighted by molar-refractivity contribution is -0.137. The summed E-state index contributed by atoms with van der Waals surface area (Å²) in [5.74, 6) is -1.34. The van der Waals surface area contributed by atoms with Crippen LogP contribution in [0.1, 0.15) is 36.1 Å². The third kappa shape index (κ3) is 3.79. The number of amides is 2. The molecule has 2 aromatic rings. The Morgan fingerprint density at radius 2 is 1.90 bits per heavy atom. The molecule has 4 rings (SSSR count). The van der Waals surface area contributed by atoms with Gasteiger partial charge in [-0.3, -0.25) is 14.5 Å². The Labute approximate surface area is 178 Å². The summed E-state index contributed by atoms with van der Waals surface area (Å²) < 4.78 is 40.2. The first-order chi connectivity index (χ1) is 14.6. The highest BCUT2D eigenvalue weighted by Crippen LogP contribution is 2.46. The van der Waals surface area contributed by atoms with E-state index < -0.39 is 17.8 Å². The molecular formula is C23H24F3N3O2. The number of aryl methyl sites for hydroxylation is 2. The zero-order chi connectivity index (χ0) is 22.5. The Hall–Kier alpha value is -2.90. The average molecular weight is 431 g/mol. The number of nitrogens with zero attached hydrogens (tertiary/aromatic N) is 3. The number of fused-ring (bicyclic) bond motifs is 1. The lowest BCUT2D eigenvalue weighted by Gasteiger charge is -2.30. The van der Waals surface area contributed by atoms with E-state index in [0.29, 0.717) is 18.5 Å². The number of pyridine rings is 1. The Morgan fingerprint density at radius 3 is 2.58 bits per heavy atom. The van der Waals surface area contributed by atoms with Crippen LogP contribution >= 0.6 is 0 Å². The minimum atomic E-state index is -4.57. The second-order valence-electron chi connectivity index (χ2n) is 8.44. The molecule has 164 valence electrons. The van der Waals surface area contributed by atoms with Gasteiger partial charge < -0.3 is 4.90 Å². The highest BCUT2D eigenvalue weighted by Gasteiger charge is 2.54. The highest BCUT2D eigenvalue weighted by molar-refractivity contribution is 6.09. The van der Waals surface area contributed by atoms with Crippen molar-refractivity contribution in [3.8, 4) is 0 Å². The van der Waals surface area contributed by atoms with Crippen molar-refractivity contribution in [2.45, 2.75) is 45.3 Å². The van der Waals surface area contributed by atoms with E-state index in [-0.39, 0.29) is 35.2 Å². The molecule has 2 heterocycles. The lowest BCUT2D eigenvalue weighted by atomic mass is 9.92. The zero-order valence-electron chi connectivity index (χ0n) is 17.6. The van der Waals surface area contributed by atoms with Crippen molar-refractivity contribution in [3.63, 3.8) is 0 Å². The van der Waals surface area contributed by atoms with Crippen LogP contribution in [-0.2, 0) is 15.8 Å². The minimum Gasteiger partial charge on any atom is -0.314 e. The molecule has 1 saturated heterocycles. The minimum absolute atomic E-state index is 0.109. The summed E-state index contributed by atoms with van der Waals surface area (Å²) in [6.07, 6.45) is -2.43. The van der Waals surface area contributed by atoms with Crippen molar-refractivity contribution in [1.82, 2.24) is 4.98 Å². The van der Waals surface area contributed by atoms with Crippen molar-refractivity contribution in [2.75, 3.05) is 16.8 Å². The summed E-state index contributed by atoms with van der Waals surface area (Å²) >= 11 is 0. The maximum atomic E-state index is 13.6. The van der Waals surface area contributed by atoms with E-state index >= 15 is 0 Å². The molecule has 0 radical (unpaired) electrons. The number of hydrogen-bond donors (Lipinski definition) is 0. The van der Waals surface area contributed by atoms with Gasteiger partial charge in [0.15, 0.2) is 0 Å². The standard InChI is InChI=1S/C23H24F3N3O2/c1-13-6-4-7-16(10-13)28(3)22(31)20-17-8-5-9-18(17)21(30)29(20)19-12-15(23(24,25)26)11-14(2)27-19/h4,6-7,10-12,17-18,20H,5,8-9H2,1-3H3/t17?,18?,20-/m1/s1. The van der Waals surface area contributed by atoms with Crippen LogP contribution in [-0.4, -0.2) is 29.9 Å². The number of carbonyl (C=O) groups is 2. The molecule has 3 atom stereocenters. The number of hydrogen-bond acceptors (Lipinski definition) is 3. The van der Waals surface area contributed by atoms with Crippen LogP contribution in [0.4, 0.5) is 24.7 Å². The molecule has 0 spiro atoms. The smallest absolute Gasteiger partial charge is 0.314 e. The molecule has 2 aliphatic rings. The SMILES string of the molecule is Cc1cccc(N(C)C(=O)[C@H]2C3CCCC3C(=O)N2c2cc(C(F)(F)F)cc(C)n2)c1. The topological polar surface area (TPSA) is 53.5 Å².